The van der Waals surface area contributed by atoms with Crippen LogP contribution < -0.4 is 4.90 Å². The van der Waals surface area contributed by atoms with Crippen molar-refractivity contribution >= 4 is 11.6 Å². The van der Waals surface area contributed by atoms with Crippen molar-refractivity contribution in [3.8, 4) is 5.69 Å². The second-order valence-electron chi connectivity index (χ2n) is 6.89. The van der Waals surface area contributed by atoms with Gasteiger partial charge in [0.15, 0.2) is 0 Å². The number of benzene rings is 2. The van der Waals surface area contributed by atoms with Crippen molar-refractivity contribution < 1.29 is 4.79 Å². The van der Waals surface area contributed by atoms with Crippen molar-refractivity contribution in [3.05, 3.63) is 78.1 Å². The van der Waals surface area contributed by atoms with Gasteiger partial charge >= 0.3 is 0 Å². The standard InChI is InChI=1S/C23H28N4O/c1-4-26(5-2)21-13-11-19(12-14-21)17-25(3)23(28)15-20-16-24-27(18-20)22-9-7-6-8-10-22/h6-14,16,18H,4-5,15,17H2,1-3H3. The molecule has 0 unspecified atom stereocenters. The van der Waals surface area contributed by atoms with Gasteiger partial charge in [0, 0.05) is 38.6 Å². The summed E-state index contributed by atoms with van der Waals surface area (Å²) in [6.07, 6.45) is 4.03. The van der Waals surface area contributed by atoms with E-state index in [0.29, 0.717) is 13.0 Å². The van der Waals surface area contributed by atoms with E-state index < -0.39 is 0 Å². The van der Waals surface area contributed by atoms with E-state index >= 15 is 0 Å². The summed E-state index contributed by atoms with van der Waals surface area (Å²) in [5.41, 5.74) is 4.25. The van der Waals surface area contributed by atoms with E-state index in [0.717, 1.165) is 29.9 Å². The molecule has 0 radical (unpaired) electrons. The average Bonchev–Trinajstić information content (AvgIpc) is 3.19. The molecule has 0 aliphatic carbocycles. The Morgan fingerprint density at radius 1 is 0.964 bits per heavy atom. The van der Waals surface area contributed by atoms with Gasteiger partial charge in [-0.3, -0.25) is 4.79 Å². The fourth-order valence-corrected chi connectivity index (χ4v) is 3.25. The lowest BCUT2D eigenvalue weighted by molar-refractivity contribution is -0.129. The predicted molar refractivity (Wildman–Crippen MR) is 114 cm³/mol. The minimum Gasteiger partial charge on any atom is -0.372 e. The molecule has 5 nitrogen and oxygen atoms in total. The molecule has 0 fully saturated rings. The molecule has 146 valence electrons. The number of carbonyl (C=O) groups is 1. The topological polar surface area (TPSA) is 41.4 Å². The number of para-hydroxylation sites is 1. The molecule has 0 saturated heterocycles. The van der Waals surface area contributed by atoms with E-state index in [1.54, 1.807) is 15.8 Å². The number of hydrogen-bond acceptors (Lipinski definition) is 3. The fraction of sp³-hybridized carbons (Fsp3) is 0.304. The molecule has 28 heavy (non-hydrogen) atoms. The van der Waals surface area contributed by atoms with Gasteiger partial charge in [0.1, 0.15) is 0 Å². The summed E-state index contributed by atoms with van der Waals surface area (Å²) in [6.45, 7) is 6.90. The van der Waals surface area contributed by atoms with Crippen LogP contribution in [0.3, 0.4) is 0 Å². The Bertz CT molecular complexity index is 882. The maximum absolute atomic E-state index is 12.6. The predicted octanol–water partition coefficient (Wildman–Crippen LogP) is 3.92. The number of likely N-dealkylation sites (N-methyl/N-ethyl adjacent to an activating group) is 1. The quantitative estimate of drug-likeness (QED) is 0.598. The number of rotatable bonds is 8. The Morgan fingerprint density at radius 2 is 1.64 bits per heavy atom. The molecule has 0 N–H and O–H groups in total. The second kappa shape index (κ2) is 9.22. The minimum atomic E-state index is 0.0837. The molecule has 0 saturated carbocycles. The number of amides is 1. The molecule has 3 aromatic rings. The molecular weight excluding hydrogens is 348 g/mol. The van der Waals surface area contributed by atoms with Gasteiger partial charge in [-0.05, 0) is 49.2 Å². The van der Waals surface area contributed by atoms with Crippen LogP contribution >= 0.6 is 0 Å². The van der Waals surface area contributed by atoms with Crippen LogP contribution in [-0.4, -0.2) is 40.7 Å². The van der Waals surface area contributed by atoms with E-state index in [-0.39, 0.29) is 5.91 Å². The first-order valence-corrected chi connectivity index (χ1v) is 9.77. The molecule has 1 heterocycles. The first-order valence-electron chi connectivity index (χ1n) is 9.77. The maximum atomic E-state index is 12.6. The van der Waals surface area contributed by atoms with Crippen LogP contribution in [0.4, 0.5) is 5.69 Å². The van der Waals surface area contributed by atoms with Gasteiger partial charge in [-0.15, -0.1) is 0 Å². The average molecular weight is 377 g/mol. The summed E-state index contributed by atoms with van der Waals surface area (Å²) in [5.74, 6) is 0.0837. The molecule has 0 aliphatic heterocycles. The highest BCUT2D eigenvalue weighted by atomic mass is 16.2. The molecule has 3 rings (SSSR count). The van der Waals surface area contributed by atoms with Gasteiger partial charge in [-0.25, -0.2) is 4.68 Å². The lowest BCUT2D eigenvalue weighted by Crippen LogP contribution is -2.27. The third-order valence-corrected chi connectivity index (χ3v) is 4.92. The van der Waals surface area contributed by atoms with Crippen LogP contribution in [0.2, 0.25) is 0 Å². The van der Waals surface area contributed by atoms with Gasteiger partial charge in [-0.1, -0.05) is 30.3 Å². The lowest BCUT2D eigenvalue weighted by atomic mass is 10.1. The molecule has 5 heteroatoms. The van der Waals surface area contributed by atoms with Crippen molar-refractivity contribution in [2.75, 3.05) is 25.0 Å². The Balaban J connectivity index is 1.58. The molecule has 0 bridgehead atoms. The van der Waals surface area contributed by atoms with Crippen molar-refractivity contribution in [1.29, 1.82) is 0 Å². The SMILES string of the molecule is CCN(CC)c1ccc(CN(C)C(=O)Cc2cnn(-c3ccccc3)c2)cc1. The summed E-state index contributed by atoms with van der Waals surface area (Å²) in [6, 6.07) is 18.4. The lowest BCUT2D eigenvalue weighted by Gasteiger charge is -2.22. The maximum Gasteiger partial charge on any atom is 0.227 e. The van der Waals surface area contributed by atoms with Crippen LogP contribution in [0.15, 0.2) is 67.0 Å². The Kier molecular flexibility index (Phi) is 6.48. The van der Waals surface area contributed by atoms with Crippen LogP contribution in [0.1, 0.15) is 25.0 Å². The number of carbonyl (C=O) groups excluding carboxylic acids is 1. The Morgan fingerprint density at radius 3 is 2.29 bits per heavy atom. The minimum absolute atomic E-state index is 0.0837. The first kappa shape index (κ1) is 19.7. The largest absolute Gasteiger partial charge is 0.372 e. The van der Waals surface area contributed by atoms with Crippen LogP contribution in [0.5, 0.6) is 0 Å². The highest BCUT2D eigenvalue weighted by Gasteiger charge is 2.12. The number of anilines is 1. The molecule has 0 atom stereocenters. The van der Waals surface area contributed by atoms with E-state index in [4.69, 9.17) is 0 Å². The van der Waals surface area contributed by atoms with Gasteiger partial charge in [0.05, 0.1) is 18.3 Å². The summed E-state index contributed by atoms with van der Waals surface area (Å²) in [4.78, 5) is 16.7. The molecule has 1 amide bonds. The van der Waals surface area contributed by atoms with Crippen LogP contribution in [-0.2, 0) is 17.8 Å². The Labute approximate surface area is 167 Å². The molecule has 0 spiro atoms. The van der Waals surface area contributed by atoms with E-state index in [2.05, 4.69) is 48.1 Å². The zero-order valence-corrected chi connectivity index (χ0v) is 16.9. The van der Waals surface area contributed by atoms with Crippen molar-refractivity contribution in [2.24, 2.45) is 0 Å². The van der Waals surface area contributed by atoms with Gasteiger partial charge in [-0.2, -0.15) is 5.10 Å². The molecule has 0 aliphatic rings. The highest BCUT2D eigenvalue weighted by molar-refractivity contribution is 5.78. The normalized spacial score (nSPS) is 10.7. The number of hydrogen-bond donors (Lipinski definition) is 0. The van der Waals surface area contributed by atoms with Crippen molar-refractivity contribution in [2.45, 2.75) is 26.8 Å². The third kappa shape index (κ3) is 4.80. The zero-order chi connectivity index (χ0) is 19.9. The van der Waals surface area contributed by atoms with E-state index in [1.165, 1.54) is 5.69 Å². The summed E-state index contributed by atoms with van der Waals surface area (Å²) in [5, 5.41) is 4.37. The van der Waals surface area contributed by atoms with Crippen LogP contribution in [0, 0.1) is 0 Å². The van der Waals surface area contributed by atoms with Gasteiger partial charge < -0.3 is 9.80 Å². The molecular formula is C23H28N4O. The summed E-state index contributed by atoms with van der Waals surface area (Å²) >= 11 is 0. The number of nitrogens with zero attached hydrogens (tertiary/aromatic N) is 4. The van der Waals surface area contributed by atoms with Crippen molar-refractivity contribution in [3.63, 3.8) is 0 Å². The van der Waals surface area contributed by atoms with E-state index in [9.17, 15) is 4.79 Å². The smallest absolute Gasteiger partial charge is 0.227 e. The molecule has 2 aromatic carbocycles. The molecule has 1 aromatic heterocycles. The first-order chi connectivity index (χ1) is 13.6. The van der Waals surface area contributed by atoms with Gasteiger partial charge in [0.2, 0.25) is 5.91 Å². The third-order valence-electron chi connectivity index (χ3n) is 4.92. The fourth-order valence-electron chi connectivity index (χ4n) is 3.25. The van der Waals surface area contributed by atoms with Crippen molar-refractivity contribution in [1.82, 2.24) is 14.7 Å². The van der Waals surface area contributed by atoms with Crippen LogP contribution in [0.25, 0.3) is 5.69 Å². The zero-order valence-electron chi connectivity index (χ0n) is 16.9. The van der Waals surface area contributed by atoms with Gasteiger partial charge in [0.25, 0.3) is 0 Å². The summed E-state index contributed by atoms with van der Waals surface area (Å²) in [7, 11) is 1.85. The van der Waals surface area contributed by atoms with E-state index in [1.807, 2.05) is 43.6 Å². The summed E-state index contributed by atoms with van der Waals surface area (Å²) < 4.78 is 1.80. The Hall–Kier alpha value is -3.08. The second-order valence-corrected chi connectivity index (χ2v) is 6.89. The highest BCUT2D eigenvalue weighted by Crippen LogP contribution is 2.16. The monoisotopic (exact) mass is 376 g/mol. The number of aromatic nitrogens is 2.